The molecule has 4 rings (SSSR count). The van der Waals surface area contributed by atoms with Gasteiger partial charge in [-0.05, 0) is 36.8 Å². The summed E-state index contributed by atoms with van der Waals surface area (Å²) in [5.74, 6) is 0.0893. The highest BCUT2D eigenvalue weighted by Crippen LogP contribution is 2.24. The second-order valence-electron chi connectivity index (χ2n) is 7.33. The summed E-state index contributed by atoms with van der Waals surface area (Å²) < 4.78 is 19.5. The minimum absolute atomic E-state index is 0.0331. The fraction of sp³-hybridized carbons (Fsp3) is 0.318. The summed E-state index contributed by atoms with van der Waals surface area (Å²) in [6, 6.07) is 12.9. The number of anilines is 1. The molecule has 0 N–H and O–H groups in total. The maximum absolute atomic E-state index is 13.9. The zero-order valence-electron chi connectivity index (χ0n) is 17.1. The van der Waals surface area contributed by atoms with E-state index < -0.39 is 5.82 Å². The van der Waals surface area contributed by atoms with Gasteiger partial charge < -0.3 is 14.2 Å². The van der Waals surface area contributed by atoms with Crippen molar-refractivity contribution in [3.63, 3.8) is 0 Å². The maximum Gasteiger partial charge on any atom is 0.277 e. The van der Waals surface area contributed by atoms with Crippen molar-refractivity contribution < 1.29 is 13.6 Å². The topological polar surface area (TPSA) is 62.5 Å². The van der Waals surface area contributed by atoms with Gasteiger partial charge in [0.2, 0.25) is 11.8 Å². The fourth-order valence-electron chi connectivity index (χ4n) is 3.47. The Labute approximate surface area is 189 Å². The van der Waals surface area contributed by atoms with Crippen LogP contribution in [0.5, 0.6) is 0 Å². The number of piperazine rings is 1. The molecule has 3 aromatic rings. The van der Waals surface area contributed by atoms with Crippen LogP contribution in [0.3, 0.4) is 0 Å². The summed E-state index contributed by atoms with van der Waals surface area (Å²) in [6.45, 7) is 5.03. The van der Waals surface area contributed by atoms with E-state index in [0.717, 1.165) is 13.1 Å². The number of hydrogen-bond acceptors (Lipinski definition) is 6. The zero-order chi connectivity index (χ0) is 21.8. The lowest BCUT2D eigenvalue weighted by Crippen LogP contribution is -2.49. The van der Waals surface area contributed by atoms with Gasteiger partial charge in [-0.3, -0.25) is 4.79 Å². The minimum Gasteiger partial charge on any atom is -0.416 e. The van der Waals surface area contributed by atoms with Gasteiger partial charge in [-0.25, -0.2) is 4.39 Å². The lowest BCUT2D eigenvalue weighted by Gasteiger charge is -2.36. The van der Waals surface area contributed by atoms with Crippen LogP contribution in [0, 0.1) is 12.7 Å². The van der Waals surface area contributed by atoms with Crippen molar-refractivity contribution in [2.45, 2.75) is 18.6 Å². The highest BCUT2D eigenvalue weighted by Gasteiger charge is 2.22. The van der Waals surface area contributed by atoms with Crippen LogP contribution in [0.1, 0.15) is 17.0 Å². The fourth-order valence-corrected chi connectivity index (χ4v) is 4.39. The Kier molecular flexibility index (Phi) is 6.77. The number of carbonyl (C=O) groups is 1. The van der Waals surface area contributed by atoms with Gasteiger partial charge in [0.1, 0.15) is 5.82 Å². The van der Waals surface area contributed by atoms with E-state index in [1.54, 1.807) is 12.1 Å². The number of thioether (sulfide) groups is 1. The van der Waals surface area contributed by atoms with Crippen molar-refractivity contribution in [3.05, 3.63) is 70.3 Å². The quantitative estimate of drug-likeness (QED) is 0.514. The van der Waals surface area contributed by atoms with E-state index in [1.165, 1.54) is 29.1 Å². The first-order chi connectivity index (χ1) is 15.0. The third-order valence-corrected chi connectivity index (χ3v) is 6.31. The third-order valence-electron chi connectivity index (χ3n) is 5.16. The van der Waals surface area contributed by atoms with Crippen LogP contribution < -0.4 is 4.90 Å². The Morgan fingerprint density at radius 1 is 1.16 bits per heavy atom. The molecule has 1 aromatic heterocycles. The Hall–Kier alpha value is -2.58. The molecule has 1 saturated heterocycles. The van der Waals surface area contributed by atoms with E-state index in [4.69, 9.17) is 16.0 Å². The third kappa shape index (κ3) is 5.37. The molecule has 9 heteroatoms. The molecule has 1 amide bonds. The van der Waals surface area contributed by atoms with Gasteiger partial charge in [-0.2, -0.15) is 0 Å². The summed E-state index contributed by atoms with van der Waals surface area (Å²) in [5, 5.41) is 8.49. The van der Waals surface area contributed by atoms with E-state index in [1.807, 2.05) is 4.90 Å². The van der Waals surface area contributed by atoms with Crippen LogP contribution in [0.4, 0.5) is 10.1 Å². The molecule has 6 nitrogen and oxygen atoms in total. The Morgan fingerprint density at radius 3 is 2.68 bits per heavy atom. The van der Waals surface area contributed by atoms with Gasteiger partial charge in [-0.1, -0.05) is 41.6 Å². The van der Waals surface area contributed by atoms with Gasteiger partial charge in [0.25, 0.3) is 5.22 Å². The van der Waals surface area contributed by atoms with Crippen molar-refractivity contribution >= 4 is 35.0 Å². The summed E-state index contributed by atoms with van der Waals surface area (Å²) in [4.78, 5) is 16.7. The second-order valence-corrected chi connectivity index (χ2v) is 8.67. The van der Waals surface area contributed by atoms with Gasteiger partial charge in [0, 0.05) is 42.5 Å². The van der Waals surface area contributed by atoms with Gasteiger partial charge >= 0.3 is 0 Å². The number of benzene rings is 2. The monoisotopic (exact) mass is 460 g/mol. The molecular formula is C22H22ClFN4O2S. The number of aryl methyl sites for hydroxylation is 1. The lowest BCUT2D eigenvalue weighted by atomic mass is 10.1. The molecule has 1 fully saturated rings. The Morgan fingerprint density at radius 2 is 1.94 bits per heavy atom. The molecule has 0 unspecified atom stereocenters. The van der Waals surface area contributed by atoms with Gasteiger partial charge in [0.05, 0.1) is 12.2 Å². The van der Waals surface area contributed by atoms with Crippen LogP contribution in [0.25, 0.3) is 0 Å². The van der Waals surface area contributed by atoms with E-state index in [0.29, 0.717) is 23.7 Å². The molecule has 1 aliphatic heterocycles. The normalized spacial score (nSPS) is 14.2. The largest absolute Gasteiger partial charge is 0.416 e. The standard InChI is InChI=1S/C22H22ClFN4O2S/c1-15-4-2-5-16(12-15)27-8-10-28(11-9-27)21(29)14-31-22-26-25-20(30-22)13-17-18(23)6-3-7-19(17)24/h2-7,12H,8-11,13-14H2,1H3. The summed E-state index contributed by atoms with van der Waals surface area (Å²) in [6.07, 6.45) is 0.105. The Balaban J connectivity index is 1.27. The molecule has 0 radical (unpaired) electrons. The van der Waals surface area contributed by atoms with Crippen LogP contribution in [-0.4, -0.2) is 52.9 Å². The van der Waals surface area contributed by atoms with Crippen LogP contribution in [0.2, 0.25) is 5.02 Å². The van der Waals surface area contributed by atoms with E-state index in [9.17, 15) is 9.18 Å². The van der Waals surface area contributed by atoms with E-state index >= 15 is 0 Å². The van der Waals surface area contributed by atoms with E-state index in [2.05, 4.69) is 46.3 Å². The number of halogens is 2. The molecule has 0 saturated carbocycles. The number of hydrogen-bond donors (Lipinski definition) is 0. The Bertz CT molecular complexity index is 1050. The molecular weight excluding hydrogens is 439 g/mol. The molecule has 2 heterocycles. The van der Waals surface area contributed by atoms with Crippen molar-refractivity contribution in [3.8, 4) is 0 Å². The molecule has 2 aromatic carbocycles. The summed E-state index contributed by atoms with van der Waals surface area (Å²) in [5.41, 5.74) is 2.73. The number of amides is 1. The molecule has 31 heavy (non-hydrogen) atoms. The van der Waals surface area contributed by atoms with E-state index in [-0.39, 0.29) is 29.2 Å². The summed E-state index contributed by atoms with van der Waals surface area (Å²) >= 11 is 7.23. The van der Waals surface area contributed by atoms with Crippen molar-refractivity contribution in [1.82, 2.24) is 15.1 Å². The SMILES string of the molecule is Cc1cccc(N2CCN(C(=O)CSc3nnc(Cc4c(F)cccc4Cl)o3)CC2)c1. The second kappa shape index (κ2) is 9.70. The van der Waals surface area contributed by atoms with Crippen LogP contribution >= 0.6 is 23.4 Å². The van der Waals surface area contributed by atoms with Gasteiger partial charge in [0.15, 0.2) is 0 Å². The highest BCUT2D eigenvalue weighted by molar-refractivity contribution is 7.99. The molecule has 0 spiro atoms. The summed E-state index contributed by atoms with van der Waals surface area (Å²) in [7, 11) is 0. The minimum atomic E-state index is -0.417. The van der Waals surface area contributed by atoms with Crippen molar-refractivity contribution in [1.29, 1.82) is 0 Å². The average Bonchev–Trinajstić information content (AvgIpc) is 3.22. The van der Waals surface area contributed by atoms with Crippen molar-refractivity contribution in [2.24, 2.45) is 0 Å². The highest BCUT2D eigenvalue weighted by atomic mass is 35.5. The zero-order valence-corrected chi connectivity index (χ0v) is 18.6. The predicted octanol–water partition coefficient (Wildman–Crippen LogP) is 4.20. The molecule has 0 bridgehead atoms. The number of rotatable bonds is 6. The van der Waals surface area contributed by atoms with Crippen LogP contribution in [-0.2, 0) is 11.2 Å². The molecule has 162 valence electrons. The first-order valence-corrected chi connectivity index (χ1v) is 11.3. The number of aromatic nitrogens is 2. The predicted molar refractivity (Wildman–Crippen MR) is 119 cm³/mol. The lowest BCUT2D eigenvalue weighted by molar-refractivity contribution is -0.128. The number of carbonyl (C=O) groups excluding carboxylic acids is 1. The average molecular weight is 461 g/mol. The molecule has 1 aliphatic rings. The van der Waals surface area contributed by atoms with Gasteiger partial charge in [-0.15, -0.1) is 10.2 Å². The number of nitrogens with zero attached hydrogens (tertiary/aromatic N) is 4. The molecule has 0 aliphatic carbocycles. The van der Waals surface area contributed by atoms with Crippen LogP contribution in [0.15, 0.2) is 52.1 Å². The smallest absolute Gasteiger partial charge is 0.277 e. The van der Waals surface area contributed by atoms with Crippen molar-refractivity contribution in [2.75, 3.05) is 36.8 Å². The first kappa shape index (κ1) is 21.6. The first-order valence-electron chi connectivity index (χ1n) is 9.97. The maximum atomic E-state index is 13.9. The molecule has 0 atom stereocenters.